The van der Waals surface area contributed by atoms with E-state index in [0.29, 0.717) is 6.42 Å². The fourth-order valence-corrected chi connectivity index (χ4v) is 4.25. The molecule has 2 nitrogen and oxygen atoms in total. The zero-order valence-electron chi connectivity index (χ0n) is 16.1. The Hall–Kier alpha value is -2.55. The number of benzene rings is 3. The minimum absolute atomic E-state index is 0.0748. The highest BCUT2D eigenvalue weighted by Gasteiger charge is 2.33. The highest BCUT2D eigenvalue weighted by atomic mass is 35.5. The Morgan fingerprint density at radius 1 is 0.964 bits per heavy atom. The van der Waals surface area contributed by atoms with Crippen molar-refractivity contribution in [2.45, 2.75) is 19.3 Å². The topological polar surface area (TPSA) is 29.5 Å². The summed E-state index contributed by atoms with van der Waals surface area (Å²) in [5, 5.41) is 10.6. The van der Waals surface area contributed by atoms with E-state index in [-0.39, 0.29) is 12.5 Å². The van der Waals surface area contributed by atoms with Gasteiger partial charge in [-0.25, -0.2) is 0 Å². The summed E-state index contributed by atoms with van der Waals surface area (Å²) in [4.78, 5) is 0. The van der Waals surface area contributed by atoms with E-state index in [0.717, 1.165) is 10.8 Å². The van der Waals surface area contributed by atoms with E-state index in [1.165, 1.54) is 39.0 Å². The van der Waals surface area contributed by atoms with Gasteiger partial charge in [0.25, 0.3) is 0 Å². The van der Waals surface area contributed by atoms with Crippen LogP contribution in [0.15, 0.2) is 72.3 Å². The van der Waals surface area contributed by atoms with Gasteiger partial charge < -0.3 is 9.84 Å². The molecule has 0 heterocycles. The number of ether oxygens (including phenoxy) is 1. The molecule has 142 valence electrons. The van der Waals surface area contributed by atoms with Crippen LogP contribution in [0.2, 0.25) is 5.02 Å². The Labute approximate surface area is 171 Å². The van der Waals surface area contributed by atoms with Crippen LogP contribution < -0.4 is 4.74 Å². The molecule has 1 aliphatic rings. The second kappa shape index (κ2) is 7.83. The summed E-state index contributed by atoms with van der Waals surface area (Å²) < 4.78 is 5.51. The molecule has 4 rings (SSSR count). The van der Waals surface area contributed by atoms with Crippen molar-refractivity contribution in [3.05, 3.63) is 105 Å². The van der Waals surface area contributed by atoms with E-state index in [1.807, 2.05) is 18.2 Å². The number of methoxy groups -OCH3 is 1. The molecule has 3 aromatic rings. The first-order valence-corrected chi connectivity index (χ1v) is 9.85. The van der Waals surface area contributed by atoms with Gasteiger partial charge in [-0.1, -0.05) is 59.6 Å². The van der Waals surface area contributed by atoms with Crippen LogP contribution in [0.25, 0.3) is 5.57 Å². The van der Waals surface area contributed by atoms with Crippen molar-refractivity contribution >= 4 is 17.2 Å². The van der Waals surface area contributed by atoms with E-state index in [2.05, 4.69) is 55.5 Å². The van der Waals surface area contributed by atoms with Crippen molar-refractivity contribution in [3.63, 3.8) is 0 Å². The first-order valence-electron chi connectivity index (χ1n) is 9.47. The molecular weight excluding hydrogens is 368 g/mol. The van der Waals surface area contributed by atoms with E-state index in [1.54, 1.807) is 7.11 Å². The van der Waals surface area contributed by atoms with Gasteiger partial charge in [-0.05, 0) is 71.0 Å². The van der Waals surface area contributed by atoms with Gasteiger partial charge in [0.1, 0.15) is 5.75 Å². The molecule has 3 heteroatoms. The Kier molecular flexibility index (Phi) is 5.25. The molecule has 0 amide bonds. The molecule has 0 aromatic heterocycles. The maximum absolute atomic E-state index is 9.84. The highest BCUT2D eigenvalue weighted by molar-refractivity contribution is 6.30. The van der Waals surface area contributed by atoms with Gasteiger partial charge in [0.2, 0.25) is 0 Å². The summed E-state index contributed by atoms with van der Waals surface area (Å²) >= 11 is 6.13. The van der Waals surface area contributed by atoms with Crippen LogP contribution in [0.1, 0.15) is 40.2 Å². The molecule has 0 fully saturated rings. The van der Waals surface area contributed by atoms with Crippen LogP contribution in [0, 0.1) is 6.92 Å². The SMILES string of the molecule is COc1ccc2c(c1)C(c1ccc(Cl)cc1)C(CCO)=C2c1ccc(C)cc1. The van der Waals surface area contributed by atoms with Crippen LogP contribution in [-0.4, -0.2) is 18.8 Å². The molecule has 1 unspecified atom stereocenters. The lowest BCUT2D eigenvalue weighted by atomic mass is 9.86. The van der Waals surface area contributed by atoms with Crippen LogP contribution in [0.5, 0.6) is 5.75 Å². The number of aliphatic hydroxyl groups excluding tert-OH is 1. The summed E-state index contributed by atoms with van der Waals surface area (Å²) in [6, 6.07) is 22.9. The average Bonchev–Trinajstić information content (AvgIpc) is 3.02. The Balaban J connectivity index is 1.97. The lowest BCUT2D eigenvalue weighted by molar-refractivity contribution is 0.298. The first-order chi connectivity index (χ1) is 13.6. The number of aryl methyl sites for hydroxylation is 1. The van der Waals surface area contributed by atoms with Crippen molar-refractivity contribution in [1.29, 1.82) is 0 Å². The molecule has 0 bridgehead atoms. The Morgan fingerprint density at radius 2 is 1.68 bits per heavy atom. The number of aliphatic hydroxyl groups is 1. The van der Waals surface area contributed by atoms with Crippen molar-refractivity contribution in [2.75, 3.05) is 13.7 Å². The number of hydrogen-bond acceptors (Lipinski definition) is 2. The summed E-state index contributed by atoms with van der Waals surface area (Å²) in [5.74, 6) is 0.914. The van der Waals surface area contributed by atoms with Crippen molar-refractivity contribution < 1.29 is 9.84 Å². The van der Waals surface area contributed by atoms with Crippen molar-refractivity contribution in [2.24, 2.45) is 0 Å². The zero-order valence-corrected chi connectivity index (χ0v) is 16.8. The molecule has 3 aromatic carbocycles. The molecule has 1 aliphatic carbocycles. The van der Waals surface area contributed by atoms with Gasteiger partial charge in [-0.15, -0.1) is 0 Å². The van der Waals surface area contributed by atoms with Gasteiger partial charge in [0.05, 0.1) is 7.11 Å². The third-order valence-electron chi connectivity index (χ3n) is 5.43. The van der Waals surface area contributed by atoms with Crippen molar-refractivity contribution in [1.82, 2.24) is 0 Å². The van der Waals surface area contributed by atoms with Gasteiger partial charge in [-0.3, -0.25) is 0 Å². The van der Waals surface area contributed by atoms with Crippen LogP contribution in [0.4, 0.5) is 0 Å². The van der Waals surface area contributed by atoms with Gasteiger partial charge in [0, 0.05) is 17.5 Å². The summed E-state index contributed by atoms with van der Waals surface area (Å²) in [7, 11) is 1.69. The van der Waals surface area contributed by atoms with E-state index < -0.39 is 0 Å². The van der Waals surface area contributed by atoms with Crippen LogP contribution >= 0.6 is 11.6 Å². The highest BCUT2D eigenvalue weighted by Crippen LogP contribution is 2.50. The monoisotopic (exact) mass is 390 g/mol. The second-order valence-corrected chi connectivity index (χ2v) is 7.61. The fraction of sp³-hybridized carbons (Fsp3) is 0.200. The largest absolute Gasteiger partial charge is 0.497 e. The van der Waals surface area contributed by atoms with E-state index in [9.17, 15) is 5.11 Å². The normalized spacial score (nSPS) is 15.6. The third-order valence-corrected chi connectivity index (χ3v) is 5.69. The Morgan fingerprint density at radius 3 is 2.32 bits per heavy atom. The third kappa shape index (κ3) is 3.34. The smallest absolute Gasteiger partial charge is 0.119 e. The minimum Gasteiger partial charge on any atom is -0.497 e. The molecular formula is C25H23ClO2. The minimum atomic E-state index is 0.0748. The van der Waals surface area contributed by atoms with Crippen molar-refractivity contribution in [3.8, 4) is 5.75 Å². The lowest BCUT2D eigenvalue weighted by Crippen LogP contribution is -2.03. The van der Waals surface area contributed by atoms with Crippen LogP contribution in [-0.2, 0) is 0 Å². The summed E-state index contributed by atoms with van der Waals surface area (Å²) in [6.07, 6.45) is 0.619. The Bertz CT molecular complexity index is 1020. The van der Waals surface area contributed by atoms with Crippen LogP contribution in [0.3, 0.4) is 0 Å². The fourth-order valence-electron chi connectivity index (χ4n) is 4.13. The lowest BCUT2D eigenvalue weighted by Gasteiger charge is -2.18. The molecule has 0 saturated heterocycles. The van der Waals surface area contributed by atoms with Gasteiger partial charge >= 0.3 is 0 Å². The molecule has 0 aliphatic heterocycles. The molecule has 0 spiro atoms. The molecule has 1 atom stereocenters. The summed E-state index contributed by atoms with van der Waals surface area (Å²) in [6.45, 7) is 2.21. The quantitative estimate of drug-likeness (QED) is 0.580. The van der Waals surface area contributed by atoms with Gasteiger partial charge in [0.15, 0.2) is 0 Å². The predicted molar refractivity (Wildman–Crippen MR) is 115 cm³/mol. The van der Waals surface area contributed by atoms with E-state index >= 15 is 0 Å². The number of halogens is 1. The molecule has 28 heavy (non-hydrogen) atoms. The average molecular weight is 391 g/mol. The molecule has 1 N–H and O–H groups in total. The zero-order chi connectivity index (χ0) is 19.7. The second-order valence-electron chi connectivity index (χ2n) is 7.18. The number of rotatable bonds is 5. The maximum Gasteiger partial charge on any atom is 0.119 e. The molecule has 0 radical (unpaired) electrons. The number of hydrogen-bond donors (Lipinski definition) is 1. The first kappa shape index (κ1) is 18.8. The maximum atomic E-state index is 9.84. The van der Waals surface area contributed by atoms with Gasteiger partial charge in [-0.2, -0.15) is 0 Å². The predicted octanol–water partition coefficient (Wildman–Crippen LogP) is 5.99. The number of fused-ring (bicyclic) bond motifs is 1. The summed E-state index contributed by atoms with van der Waals surface area (Å²) in [5.41, 5.74) is 8.44. The molecule has 0 saturated carbocycles. The standard InChI is InChI=1S/C25H23ClO2/c1-16-3-5-17(6-4-16)24-21-12-11-20(28-2)15-23(21)25(22(24)13-14-27)18-7-9-19(26)10-8-18/h3-12,15,25,27H,13-14H2,1-2H3. The van der Waals surface area contributed by atoms with E-state index in [4.69, 9.17) is 16.3 Å².